The first-order chi connectivity index (χ1) is 9.27. The van der Waals surface area contributed by atoms with Crippen LogP contribution in [0.1, 0.15) is 77.3 Å². The highest BCUT2D eigenvalue weighted by molar-refractivity contribution is 5.08. The number of aromatic nitrogens is 2. The fourth-order valence-electron chi connectivity index (χ4n) is 2.38. The molecule has 3 heteroatoms. The van der Waals surface area contributed by atoms with Crippen LogP contribution < -0.4 is 5.32 Å². The lowest BCUT2D eigenvalue weighted by Crippen LogP contribution is -2.17. The molecule has 0 bridgehead atoms. The molecule has 1 atom stereocenters. The van der Waals surface area contributed by atoms with Crippen molar-refractivity contribution in [1.29, 1.82) is 0 Å². The second kappa shape index (κ2) is 10.0. The molecule has 0 aliphatic carbocycles. The van der Waals surface area contributed by atoms with E-state index in [0.29, 0.717) is 6.04 Å². The maximum atomic E-state index is 4.44. The van der Waals surface area contributed by atoms with E-state index in [4.69, 9.17) is 0 Å². The van der Waals surface area contributed by atoms with E-state index in [9.17, 15) is 0 Å². The molecule has 0 aromatic carbocycles. The average molecular weight is 265 g/mol. The van der Waals surface area contributed by atoms with Gasteiger partial charge in [0.05, 0.1) is 6.20 Å². The van der Waals surface area contributed by atoms with E-state index in [1.54, 1.807) is 0 Å². The molecule has 0 amide bonds. The zero-order chi connectivity index (χ0) is 13.9. The summed E-state index contributed by atoms with van der Waals surface area (Å²) in [6.45, 7) is 8.67. The molecule has 110 valence electrons. The fraction of sp³-hybridized carbons (Fsp3) is 0.812. The van der Waals surface area contributed by atoms with Crippen LogP contribution in [-0.2, 0) is 6.54 Å². The second-order valence-corrected chi connectivity index (χ2v) is 5.44. The Morgan fingerprint density at radius 1 is 1.11 bits per heavy atom. The summed E-state index contributed by atoms with van der Waals surface area (Å²) < 4.78 is 2.09. The maximum absolute atomic E-state index is 4.44. The summed E-state index contributed by atoms with van der Waals surface area (Å²) in [5.41, 5.74) is 1.30. The van der Waals surface area contributed by atoms with Gasteiger partial charge < -0.3 is 5.32 Å². The zero-order valence-corrected chi connectivity index (χ0v) is 13.0. The maximum Gasteiger partial charge on any atom is 0.0537 e. The molecule has 1 N–H and O–H groups in total. The van der Waals surface area contributed by atoms with Gasteiger partial charge in [0.2, 0.25) is 0 Å². The standard InChI is InChI=1S/C16H31N3/c1-4-6-7-8-9-10-11-12-19-14-16(13-18-19)15(3)17-5-2/h13-15,17H,4-12H2,1-3H3. The fourth-order valence-corrected chi connectivity index (χ4v) is 2.38. The average Bonchev–Trinajstić information content (AvgIpc) is 2.87. The third-order valence-corrected chi connectivity index (χ3v) is 3.65. The molecule has 1 aromatic heterocycles. The Morgan fingerprint density at radius 3 is 2.47 bits per heavy atom. The van der Waals surface area contributed by atoms with Crippen LogP contribution >= 0.6 is 0 Å². The molecule has 0 aliphatic heterocycles. The van der Waals surface area contributed by atoms with Crippen molar-refractivity contribution in [2.24, 2.45) is 0 Å². The van der Waals surface area contributed by atoms with Gasteiger partial charge in [-0.1, -0.05) is 52.4 Å². The van der Waals surface area contributed by atoms with Crippen molar-refractivity contribution in [1.82, 2.24) is 15.1 Å². The van der Waals surface area contributed by atoms with Gasteiger partial charge in [0, 0.05) is 24.3 Å². The molecule has 1 heterocycles. The highest BCUT2D eigenvalue weighted by Gasteiger charge is 2.06. The summed E-state index contributed by atoms with van der Waals surface area (Å²) in [5, 5.41) is 7.86. The van der Waals surface area contributed by atoms with Gasteiger partial charge in [0.25, 0.3) is 0 Å². The van der Waals surface area contributed by atoms with Crippen LogP contribution in [-0.4, -0.2) is 16.3 Å². The van der Waals surface area contributed by atoms with E-state index in [0.717, 1.165) is 13.1 Å². The first-order valence-electron chi connectivity index (χ1n) is 8.03. The minimum absolute atomic E-state index is 0.410. The quantitative estimate of drug-likeness (QED) is 0.604. The van der Waals surface area contributed by atoms with Crippen LogP contribution in [0.4, 0.5) is 0 Å². The van der Waals surface area contributed by atoms with Crippen molar-refractivity contribution in [3.05, 3.63) is 18.0 Å². The number of nitrogens with one attached hydrogen (secondary N) is 1. The SMILES string of the molecule is CCCCCCCCCn1cc(C(C)NCC)cn1. The van der Waals surface area contributed by atoms with E-state index in [2.05, 4.69) is 42.1 Å². The summed E-state index contributed by atoms with van der Waals surface area (Å²) in [6.07, 6.45) is 13.7. The Bertz CT molecular complexity index is 320. The smallest absolute Gasteiger partial charge is 0.0537 e. The molecule has 1 aromatic rings. The third kappa shape index (κ3) is 6.76. The second-order valence-electron chi connectivity index (χ2n) is 5.44. The number of hydrogen-bond donors (Lipinski definition) is 1. The van der Waals surface area contributed by atoms with E-state index >= 15 is 0 Å². The summed E-state index contributed by atoms with van der Waals surface area (Å²) >= 11 is 0. The first kappa shape index (κ1) is 16.2. The van der Waals surface area contributed by atoms with Crippen LogP contribution in [0, 0.1) is 0 Å². The van der Waals surface area contributed by atoms with Crippen molar-refractivity contribution in [2.45, 2.75) is 78.3 Å². The molecule has 3 nitrogen and oxygen atoms in total. The molecule has 19 heavy (non-hydrogen) atoms. The lowest BCUT2D eigenvalue weighted by atomic mass is 10.1. The first-order valence-corrected chi connectivity index (χ1v) is 8.03. The van der Waals surface area contributed by atoms with Gasteiger partial charge in [-0.05, 0) is 19.9 Å². The lowest BCUT2D eigenvalue weighted by molar-refractivity contribution is 0.522. The van der Waals surface area contributed by atoms with Crippen LogP contribution in [0.3, 0.4) is 0 Å². The number of aryl methyl sites for hydroxylation is 1. The van der Waals surface area contributed by atoms with Crippen LogP contribution in [0.5, 0.6) is 0 Å². The summed E-state index contributed by atoms with van der Waals surface area (Å²) in [4.78, 5) is 0. The normalized spacial score (nSPS) is 12.8. The van der Waals surface area contributed by atoms with Crippen LogP contribution in [0.2, 0.25) is 0 Å². The number of hydrogen-bond acceptors (Lipinski definition) is 2. The zero-order valence-electron chi connectivity index (χ0n) is 13.0. The summed E-state index contributed by atoms with van der Waals surface area (Å²) in [7, 11) is 0. The van der Waals surface area contributed by atoms with Crippen molar-refractivity contribution >= 4 is 0 Å². The monoisotopic (exact) mass is 265 g/mol. The Kier molecular flexibility index (Phi) is 8.55. The molecule has 0 aliphatic rings. The van der Waals surface area contributed by atoms with Gasteiger partial charge in [-0.15, -0.1) is 0 Å². The molecule has 1 unspecified atom stereocenters. The molecule has 0 saturated heterocycles. The molecule has 0 radical (unpaired) electrons. The summed E-state index contributed by atoms with van der Waals surface area (Å²) in [5.74, 6) is 0. The van der Waals surface area contributed by atoms with Crippen molar-refractivity contribution in [2.75, 3.05) is 6.54 Å². The van der Waals surface area contributed by atoms with E-state index in [-0.39, 0.29) is 0 Å². The third-order valence-electron chi connectivity index (χ3n) is 3.65. The molecular weight excluding hydrogens is 234 g/mol. The molecular formula is C16H31N3. The van der Waals surface area contributed by atoms with Crippen molar-refractivity contribution < 1.29 is 0 Å². The van der Waals surface area contributed by atoms with Gasteiger partial charge >= 0.3 is 0 Å². The predicted molar refractivity (Wildman–Crippen MR) is 82.3 cm³/mol. The minimum Gasteiger partial charge on any atom is -0.310 e. The van der Waals surface area contributed by atoms with E-state index in [1.165, 1.54) is 50.5 Å². The molecule has 0 fully saturated rings. The van der Waals surface area contributed by atoms with Crippen molar-refractivity contribution in [3.8, 4) is 0 Å². The highest BCUT2D eigenvalue weighted by Crippen LogP contribution is 2.12. The van der Waals surface area contributed by atoms with Gasteiger partial charge in [-0.25, -0.2) is 0 Å². The number of unbranched alkanes of at least 4 members (excludes halogenated alkanes) is 6. The van der Waals surface area contributed by atoms with Gasteiger partial charge in [-0.2, -0.15) is 5.10 Å². The Balaban J connectivity index is 2.13. The van der Waals surface area contributed by atoms with E-state index in [1.807, 2.05) is 6.20 Å². The molecule has 1 rings (SSSR count). The topological polar surface area (TPSA) is 29.9 Å². The van der Waals surface area contributed by atoms with Gasteiger partial charge in [0.1, 0.15) is 0 Å². The Labute approximate surface area is 118 Å². The minimum atomic E-state index is 0.410. The predicted octanol–water partition coefficient (Wildman–Crippen LogP) is 4.30. The van der Waals surface area contributed by atoms with Gasteiger partial charge in [0.15, 0.2) is 0 Å². The number of nitrogens with zero attached hydrogens (tertiary/aromatic N) is 2. The molecule has 0 spiro atoms. The van der Waals surface area contributed by atoms with Crippen LogP contribution in [0.25, 0.3) is 0 Å². The van der Waals surface area contributed by atoms with Crippen LogP contribution in [0.15, 0.2) is 12.4 Å². The Hall–Kier alpha value is -0.830. The lowest BCUT2D eigenvalue weighted by Gasteiger charge is -2.08. The largest absolute Gasteiger partial charge is 0.310 e. The summed E-state index contributed by atoms with van der Waals surface area (Å²) in [6, 6.07) is 0.410. The number of rotatable bonds is 11. The molecule has 0 saturated carbocycles. The highest BCUT2D eigenvalue weighted by atomic mass is 15.3. The van der Waals surface area contributed by atoms with Gasteiger partial charge in [-0.3, -0.25) is 4.68 Å². The van der Waals surface area contributed by atoms with Crippen molar-refractivity contribution in [3.63, 3.8) is 0 Å². The van der Waals surface area contributed by atoms with E-state index < -0.39 is 0 Å². The Morgan fingerprint density at radius 2 is 1.79 bits per heavy atom.